The summed E-state index contributed by atoms with van der Waals surface area (Å²) in [6, 6.07) is 0. The molecule has 0 saturated carbocycles. The van der Waals surface area contributed by atoms with Gasteiger partial charge in [-0.2, -0.15) is 0 Å². The third kappa shape index (κ3) is 2.55. The van der Waals surface area contributed by atoms with E-state index in [4.69, 9.17) is 4.74 Å². The lowest BCUT2D eigenvalue weighted by atomic mass is 9.90. The molecule has 0 aromatic rings. The molecule has 0 atom stereocenters. The summed E-state index contributed by atoms with van der Waals surface area (Å²) in [4.78, 5) is 25.4. The summed E-state index contributed by atoms with van der Waals surface area (Å²) in [7, 11) is -3.37. The van der Waals surface area contributed by atoms with Crippen LogP contribution in [0.1, 0.15) is 40.0 Å². The lowest BCUT2D eigenvalue weighted by molar-refractivity contribution is -0.121. The van der Waals surface area contributed by atoms with Crippen molar-refractivity contribution in [3.8, 4) is 0 Å². The smallest absolute Gasteiger partial charge is 0.410 e. The van der Waals surface area contributed by atoms with Gasteiger partial charge in [0.05, 0.1) is 5.75 Å². The number of carbonyl (C=O) groups excluding carboxylic acids is 2. The number of hydrogen-bond donors (Lipinski definition) is 0. The summed E-state index contributed by atoms with van der Waals surface area (Å²) < 4.78 is 28.2. The molecule has 20 heavy (non-hydrogen) atoms. The SMILES string of the molecule is CC(C)(C)OC(=O)N1CCC2(CC1)C(=O)CCS2(=O)=O. The number of Topliss-reactive ketones (excluding diaryl/α,β-unsaturated/α-hetero) is 1. The van der Waals surface area contributed by atoms with E-state index in [1.807, 2.05) is 0 Å². The van der Waals surface area contributed by atoms with Crippen LogP contribution in [0, 0.1) is 0 Å². The van der Waals surface area contributed by atoms with Gasteiger partial charge in [-0.3, -0.25) is 4.79 Å². The van der Waals surface area contributed by atoms with E-state index in [1.54, 1.807) is 20.8 Å². The van der Waals surface area contributed by atoms with Gasteiger partial charge in [0.1, 0.15) is 10.3 Å². The minimum Gasteiger partial charge on any atom is -0.444 e. The van der Waals surface area contributed by atoms with E-state index < -0.39 is 26.3 Å². The Morgan fingerprint density at radius 1 is 1.25 bits per heavy atom. The van der Waals surface area contributed by atoms with Crippen LogP contribution in [0.2, 0.25) is 0 Å². The highest BCUT2D eigenvalue weighted by atomic mass is 32.2. The first-order valence-electron chi connectivity index (χ1n) is 6.81. The maximum Gasteiger partial charge on any atom is 0.410 e. The molecule has 2 aliphatic rings. The minimum absolute atomic E-state index is 0.0573. The predicted molar refractivity (Wildman–Crippen MR) is 73.2 cm³/mol. The number of piperidine rings is 1. The van der Waals surface area contributed by atoms with Crippen LogP contribution in [0.4, 0.5) is 4.79 Å². The Labute approximate surface area is 119 Å². The van der Waals surface area contributed by atoms with Crippen LogP contribution in [0.5, 0.6) is 0 Å². The molecule has 2 fully saturated rings. The van der Waals surface area contributed by atoms with Gasteiger partial charge in [-0.25, -0.2) is 13.2 Å². The van der Waals surface area contributed by atoms with Crippen molar-refractivity contribution < 1.29 is 22.7 Å². The van der Waals surface area contributed by atoms with Crippen molar-refractivity contribution in [2.75, 3.05) is 18.8 Å². The van der Waals surface area contributed by atoms with Gasteiger partial charge in [0.15, 0.2) is 15.6 Å². The molecule has 0 N–H and O–H groups in total. The molecule has 1 amide bonds. The quantitative estimate of drug-likeness (QED) is 0.670. The number of sulfone groups is 1. The molecule has 6 nitrogen and oxygen atoms in total. The molecule has 2 rings (SSSR count). The third-order valence-corrected chi connectivity index (χ3v) is 6.49. The first-order valence-corrected chi connectivity index (χ1v) is 8.46. The highest BCUT2D eigenvalue weighted by molar-refractivity contribution is 7.94. The molecule has 2 aliphatic heterocycles. The fraction of sp³-hybridized carbons (Fsp3) is 0.846. The molecular formula is C13H21NO5S. The van der Waals surface area contributed by atoms with Gasteiger partial charge in [0.2, 0.25) is 0 Å². The Kier molecular flexibility index (Phi) is 3.60. The lowest BCUT2D eigenvalue weighted by Crippen LogP contribution is -2.53. The normalized spacial score (nSPS) is 24.9. The molecule has 0 aromatic heterocycles. The number of hydrogen-bond acceptors (Lipinski definition) is 5. The first kappa shape index (κ1) is 15.3. The van der Waals surface area contributed by atoms with Crippen LogP contribution in [0.25, 0.3) is 0 Å². The molecule has 7 heteroatoms. The van der Waals surface area contributed by atoms with Crippen molar-refractivity contribution in [1.29, 1.82) is 0 Å². The number of likely N-dealkylation sites (tertiary alicyclic amines) is 1. The standard InChI is InChI=1S/C13H21NO5S/c1-12(2,3)19-11(16)14-7-5-13(6-8-14)10(15)4-9-20(13,17)18/h4-9H2,1-3H3. The summed E-state index contributed by atoms with van der Waals surface area (Å²) >= 11 is 0. The average Bonchev–Trinajstić information content (AvgIpc) is 2.53. The average molecular weight is 303 g/mol. The summed E-state index contributed by atoms with van der Waals surface area (Å²) in [5, 5.41) is 0. The van der Waals surface area contributed by atoms with Gasteiger partial charge in [0, 0.05) is 19.5 Å². The van der Waals surface area contributed by atoms with E-state index in [0.29, 0.717) is 0 Å². The Balaban J connectivity index is 2.06. The fourth-order valence-corrected chi connectivity index (χ4v) is 4.89. The molecule has 0 bridgehead atoms. The van der Waals surface area contributed by atoms with Crippen molar-refractivity contribution in [3.05, 3.63) is 0 Å². The van der Waals surface area contributed by atoms with Crippen molar-refractivity contribution in [3.63, 3.8) is 0 Å². The Morgan fingerprint density at radius 3 is 2.20 bits per heavy atom. The Morgan fingerprint density at radius 2 is 1.80 bits per heavy atom. The maximum absolute atomic E-state index is 12.1. The molecule has 2 saturated heterocycles. The van der Waals surface area contributed by atoms with Gasteiger partial charge >= 0.3 is 6.09 Å². The second-order valence-electron chi connectivity index (χ2n) is 6.45. The van der Waals surface area contributed by atoms with E-state index in [9.17, 15) is 18.0 Å². The second-order valence-corrected chi connectivity index (χ2v) is 8.87. The zero-order chi connectivity index (χ0) is 15.2. The number of carbonyl (C=O) groups is 2. The first-order chi connectivity index (χ1) is 9.07. The zero-order valence-corrected chi connectivity index (χ0v) is 13.0. The number of amides is 1. The molecule has 0 aromatic carbocycles. The van der Waals surface area contributed by atoms with E-state index >= 15 is 0 Å². The van der Waals surface area contributed by atoms with E-state index in [0.717, 1.165) is 0 Å². The molecule has 2 heterocycles. The van der Waals surface area contributed by atoms with Crippen LogP contribution in [0.15, 0.2) is 0 Å². The highest BCUT2D eigenvalue weighted by Crippen LogP contribution is 2.38. The number of ether oxygens (including phenoxy) is 1. The molecule has 0 radical (unpaired) electrons. The number of ketones is 1. The maximum atomic E-state index is 12.1. The number of nitrogens with zero attached hydrogens (tertiary/aromatic N) is 1. The van der Waals surface area contributed by atoms with Crippen LogP contribution in [0.3, 0.4) is 0 Å². The third-order valence-electron chi connectivity index (χ3n) is 3.92. The van der Waals surface area contributed by atoms with Gasteiger partial charge < -0.3 is 9.64 Å². The fourth-order valence-electron chi connectivity index (χ4n) is 2.79. The van der Waals surface area contributed by atoms with E-state index in [1.165, 1.54) is 4.90 Å². The van der Waals surface area contributed by atoms with E-state index in [-0.39, 0.29) is 43.9 Å². The molecule has 0 unspecified atom stereocenters. The van der Waals surface area contributed by atoms with Gasteiger partial charge in [0.25, 0.3) is 0 Å². The van der Waals surface area contributed by atoms with Crippen molar-refractivity contribution >= 4 is 21.7 Å². The molecule has 1 spiro atoms. The largest absolute Gasteiger partial charge is 0.444 e. The minimum atomic E-state index is -3.37. The highest BCUT2D eigenvalue weighted by Gasteiger charge is 2.56. The predicted octanol–water partition coefficient (Wildman–Crippen LogP) is 1.14. The summed E-state index contributed by atoms with van der Waals surface area (Å²) in [5.41, 5.74) is -0.582. The molecular weight excluding hydrogens is 282 g/mol. The van der Waals surface area contributed by atoms with Gasteiger partial charge in [-0.15, -0.1) is 0 Å². The summed E-state index contributed by atoms with van der Waals surface area (Å²) in [5.74, 6) is -0.250. The zero-order valence-electron chi connectivity index (χ0n) is 12.1. The Hall–Kier alpha value is -1.11. The molecule has 114 valence electrons. The van der Waals surface area contributed by atoms with Crippen LogP contribution >= 0.6 is 0 Å². The topological polar surface area (TPSA) is 80.8 Å². The monoisotopic (exact) mass is 303 g/mol. The van der Waals surface area contributed by atoms with Crippen LogP contribution in [-0.2, 0) is 19.4 Å². The van der Waals surface area contributed by atoms with Crippen LogP contribution in [-0.4, -0.2) is 54.4 Å². The number of rotatable bonds is 0. The van der Waals surface area contributed by atoms with Crippen LogP contribution < -0.4 is 0 Å². The Bertz CT molecular complexity index is 523. The van der Waals surface area contributed by atoms with Crippen molar-refractivity contribution in [1.82, 2.24) is 4.90 Å². The van der Waals surface area contributed by atoms with E-state index in [2.05, 4.69) is 0 Å². The summed E-state index contributed by atoms with van der Waals surface area (Å²) in [6.45, 7) is 5.84. The van der Waals surface area contributed by atoms with Crippen molar-refractivity contribution in [2.45, 2.75) is 50.4 Å². The van der Waals surface area contributed by atoms with Crippen molar-refractivity contribution in [2.24, 2.45) is 0 Å². The second kappa shape index (κ2) is 4.72. The lowest BCUT2D eigenvalue weighted by Gasteiger charge is -2.37. The van der Waals surface area contributed by atoms with Gasteiger partial charge in [-0.1, -0.05) is 0 Å². The van der Waals surface area contributed by atoms with Gasteiger partial charge in [-0.05, 0) is 33.6 Å². The summed E-state index contributed by atoms with van der Waals surface area (Å²) in [6.07, 6.45) is 0.0328. The molecule has 0 aliphatic carbocycles.